The molecule has 2 rings (SSSR count). The second kappa shape index (κ2) is 11.7. The Kier molecular flexibility index (Phi) is 10.4. The van der Waals surface area contributed by atoms with E-state index < -0.39 is 0 Å². The molecule has 1 unspecified atom stereocenters. The van der Waals surface area contributed by atoms with E-state index in [4.69, 9.17) is 9.47 Å². The average molecular weight is 403 g/mol. The number of carbonyl (C=O) groups excluding carboxylic acids is 1. The standard InChI is InChI=1S/C19H30N2O3S.ClH/c1-15(13-25-17-7-5-4-6-16(17)24-3)12-21-18(22)19(14-23-2)8-10-20-11-9-19;/h4-7,15,20H,8-14H2,1-3H3,(H,21,22);1H. The lowest BCUT2D eigenvalue weighted by molar-refractivity contribution is -0.136. The lowest BCUT2D eigenvalue weighted by Gasteiger charge is -2.35. The smallest absolute Gasteiger partial charge is 0.228 e. The molecule has 7 heteroatoms. The molecule has 148 valence electrons. The molecule has 1 amide bonds. The molecule has 0 aromatic heterocycles. The zero-order valence-corrected chi connectivity index (χ0v) is 17.5. The third-order valence-electron chi connectivity index (χ3n) is 4.67. The molecule has 1 heterocycles. The maximum absolute atomic E-state index is 12.7. The van der Waals surface area contributed by atoms with E-state index in [1.54, 1.807) is 26.0 Å². The highest BCUT2D eigenvalue weighted by Gasteiger charge is 2.39. The Labute approximate surface area is 167 Å². The number of thioether (sulfide) groups is 1. The lowest BCUT2D eigenvalue weighted by Crippen LogP contribution is -2.50. The Morgan fingerprint density at radius 1 is 1.31 bits per heavy atom. The van der Waals surface area contributed by atoms with Crippen molar-refractivity contribution in [2.75, 3.05) is 46.2 Å². The number of piperidine rings is 1. The van der Waals surface area contributed by atoms with Gasteiger partial charge in [-0.25, -0.2) is 0 Å². The van der Waals surface area contributed by atoms with Crippen LogP contribution in [0.2, 0.25) is 0 Å². The number of hydrogen-bond donors (Lipinski definition) is 2. The molecular formula is C19H31ClN2O3S. The van der Waals surface area contributed by atoms with Gasteiger partial charge in [-0.3, -0.25) is 4.79 Å². The van der Waals surface area contributed by atoms with Gasteiger partial charge >= 0.3 is 0 Å². The number of methoxy groups -OCH3 is 2. The van der Waals surface area contributed by atoms with Gasteiger partial charge in [-0.15, -0.1) is 24.2 Å². The van der Waals surface area contributed by atoms with E-state index >= 15 is 0 Å². The maximum Gasteiger partial charge on any atom is 0.228 e. The maximum atomic E-state index is 12.7. The van der Waals surface area contributed by atoms with E-state index in [1.165, 1.54) is 0 Å². The Morgan fingerprint density at radius 2 is 2.00 bits per heavy atom. The molecule has 1 fully saturated rings. The molecule has 1 atom stereocenters. The molecule has 0 spiro atoms. The van der Waals surface area contributed by atoms with Gasteiger partial charge in [0.2, 0.25) is 5.91 Å². The predicted octanol–water partition coefficient (Wildman–Crippen LogP) is 2.98. The molecule has 0 radical (unpaired) electrons. The monoisotopic (exact) mass is 402 g/mol. The molecule has 1 aliphatic heterocycles. The fraction of sp³-hybridized carbons (Fsp3) is 0.632. The molecule has 0 saturated carbocycles. The first kappa shape index (κ1) is 23.1. The van der Waals surface area contributed by atoms with Crippen LogP contribution in [0.4, 0.5) is 0 Å². The van der Waals surface area contributed by atoms with Crippen LogP contribution in [0.5, 0.6) is 5.75 Å². The first-order valence-electron chi connectivity index (χ1n) is 8.85. The van der Waals surface area contributed by atoms with Gasteiger partial charge in [-0.2, -0.15) is 0 Å². The number of amides is 1. The van der Waals surface area contributed by atoms with Crippen LogP contribution in [0.1, 0.15) is 19.8 Å². The van der Waals surface area contributed by atoms with Gasteiger partial charge in [0.05, 0.1) is 19.1 Å². The number of nitrogens with one attached hydrogen (secondary N) is 2. The van der Waals surface area contributed by atoms with E-state index in [-0.39, 0.29) is 23.7 Å². The van der Waals surface area contributed by atoms with Gasteiger partial charge in [0.1, 0.15) is 5.75 Å². The van der Waals surface area contributed by atoms with Crippen molar-refractivity contribution in [3.63, 3.8) is 0 Å². The van der Waals surface area contributed by atoms with Crippen molar-refractivity contribution < 1.29 is 14.3 Å². The quantitative estimate of drug-likeness (QED) is 0.622. The molecule has 26 heavy (non-hydrogen) atoms. The van der Waals surface area contributed by atoms with E-state index in [2.05, 4.69) is 23.6 Å². The van der Waals surface area contributed by atoms with Crippen LogP contribution in [0, 0.1) is 11.3 Å². The Bertz CT molecular complexity index is 548. The molecule has 0 aliphatic carbocycles. The first-order chi connectivity index (χ1) is 12.1. The number of halogens is 1. The molecule has 5 nitrogen and oxygen atoms in total. The van der Waals surface area contributed by atoms with Crippen LogP contribution >= 0.6 is 24.2 Å². The molecule has 1 saturated heterocycles. The lowest BCUT2D eigenvalue weighted by atomic mass is 9.78. The number of para-hydroxylation sites is 1. The molecular weight excluding hydrogens is 372 g/mol. The van der Waals surface area contributed by atoms with Gasteiger partial charge in [0.15, 0.2) is 0 Å². The molecule has 1 aliphatic rings. The summed E-state index contributed by atoms with van der Waals surface area (Å²) in [6.45, 7) is 5.07. The molecule has 0 bridgehead atoms. The van der Waals surface area contributed by atoms with E-state index in [1.807, 2.05) is 18.2 Å². The third kappa shape index (κ3) is 6.34. The summed E-state index contributed by atoms with van der Waals surface area (Å²) < 4.78 is 10.7. The highest BCUT2D eigenvalue weighted by molar-refractivity contribution is 7.99. The van der Waals surface area contributed by atoms with Crippen LogP contribution in [-0.2, 0) is 9.53 Å². The summed E-state index contributed by atoms with van der Waals surface area (Å²) in [5.41, 5.74) is -0.379. The minimum absolute atomic E-state index is 0. The largest absolute Gasteiger partial charge is 0.496 e. The second-order valence-corrected chi connectivity index (χ2v) is 7.80. The summed E-state index contributed by atoms with van der Waals surface area (Å²) in [7, 11) is 3.36. The second-order valence-electron chi connectivity index (χ2n) is 6.74. The van der Waals surface area contributed by atoms with Crippen LogP contribution in [-0.4, -0.2) is 52.1 Å². The minimum atomic E-state index is -0.379. The SMILES string of the molecule is COCC1(C(=O)NCC(C)CSc2ccccc2OC)CCNCC1.Cl. The number of benzene rings is 1. The van der Waals surface area contributed by atoms with Gasteiger partial charge in [0, 0.05) is 24.3 Å². The van der Waals surface area contributed by atoms with Crippen molar-refractivity contribution in [1.82, 2.24) is 10.6 Å². The summed E-state index contributed by atoms with van der Waals surface area (Å²) in [6.07, 6.45) is 1.66. The molecule has 1 aromatic carbocycles. The van der Waals surface area contributed by atoms with Crippen molar-refractivity contribution in [2.24, 2.45) is 11.3 Å². The third-order valence-corrected chi connectivity index (χ3v) is 6.05. The Hall–Kier alpha value is -0.950. The normalized spacial score (nSPS) is 17.0. The summed E-state index contributed by atoms with van der Waals surface area (Å²) in [4.78, 5) is 13.9. The topological polar surface area (TPSA) is 59.6 Å². The van der Waals surface area contributed by atoms with Gasteiger partial charge in [-0.1, -0.05) is 19.1 Å². The van der Waals surface area contributed by atoms with Gasteiger partial charge < -0.3 is 20.1 Å². The fourth-order valence-corrected chi connectivity index (χ4v) is 4.15. The number of ether oxygens (including phenoxy) is 2. The minimum Gasteiger partial charge on any atom is -0.496 e. The van der Waals surface area contributed by atoms with Crippen molar-refractivity contribution >= 4 is 30.1 Å². The van der Waals surface area contributed by atoms with Crippen molar-refractivity contribution in [3.8, 4) is 5.75 Å². The summed E-state index contributed by atoms with van der Waals surface area (Å²) in [5.74, 6) is 2.34. The summed E-state index contributed by atoms with van der Waals surface area (Å²) in [5, 5.41) is 6.47. The molecule has 2 N–H and O–H groups in total. The zero-order chi connectivity index (χ0) is 18.1. The highest BCUT2D eigenvalue weighted by atomic mass is 35.5. The number of hydrogen-bond acceptors (Lipinski definition) is 5. The van der Waals surface area contributed by atoms with Crippen LogP contribution < -0.4 is 15.4 Å². The van der Waals surface area contributed by atoms with Crippen LogP contribution in [0.25, 0.3) is 0 Å². The van der Waals surface area contributed by atoms with Gasteiger partial charge in [-0.05, 0) is 44.0 Å². The highest BCUT2D eigenvalue weighted by Crippen LogP contribution is 2.31. The molecule has 1 aromatic rings. The van der Waals surface area contributed by atoms with Crippen molar-refractivity contribution in [1.29, 1.82) is 0 Å². The van der Waals surface area contributed by atoms with E-state index in [0.717, 1.165) is 42.3 Å². The van der Waals surface area contributed by atoms with Gasteiger partial charge in [0.25, 0.3) is 0 Å². The van der Waals surface area contributed by atoms with E-state index in [0.29, 0.717) is 19.1 Å². The Balaban J connectivity index is 0.00000338. The number of carbonyl (C=O) groups is 1. The summed E-state index contributed by atoms with van der Waals surface area (Å²) in [6, 6.07) is 8.03. The zero-order valence-electron chi connectivity index (χ0n) is 15.9. The average Bonchev–Trinajstić information content (AvgIpc) is 2.65. The fourth-order valence-electron chi connectivity index (χ4n) is 3.10. The van der Waals surface area contributed by atoms with Crippen molar-refractivity contribution in [3.05, 3.63) is 24.3 Å². The summed E-state index contributed by atoms with van der Waals surface area (Å²) >= 11 is 1.77. The predicted molar refractivity (Wildman–Crippen MR) is 110 cm³/mol. The van der Waals surface area contributed by atoms with Crippen LogP contribution in [0.15, 0.2) is 29.2 Å². The number of rotatable bonds is 9. The van der Waals surface area contributed by atoms with Crippen molar-refractivity contribution in [2.45, 2.75) is 24.7 Å². The van der Waals surface area contributed by atoms with Crippen LogP contribution in [0.3, 0.4) is 0 Å². The van der Waals surface area contributed by atoms with E-state index in [9.17, 15) is 4.79 Å². The first-order valence-corrected chi connectivity index (χ1v) is 9.83. The Morgan fingerprint density at radius 3 is 2.65 bits per heavy atom.